The molecule has 0 unspecified atom stereocenters. The first-order chi connectivity index (χ1) is 11.8. The van der Waals surface area contributed by atoms with Crippen LogP contribution in [0.4, 0.5) is 0 Å². The molecule has 0 aliphatic rings. The molecule has 0 saturated carbocycles. The molecule has 6 nitrogen and oxygen atoms in total. The maximum Gasteiger partial charge on any atom is 0.242 e. The lowest BCUT2D eigenvalue weighted by Gasteiger charge is -2.12. The van der Waals surface area contributed by atoms with E-state index in [0.29, 0.717) is 15.6 Å². The predicted molar refractivity (Wildman–Crippen MR) is 100 cm³/mol. The van der Waals surface area contributed by atoms with Gasteiger partial charge in [0.1, 0.15) is 0 Å². The summed E-state index contributed by atoms with van der Waals surface area (Å²) in [5.41, 5.74) is 1.54. The molecule has 1 aromatic heterocycles. The molecule has 25 heavy (non-hydrogen) atoms. The average molecular weight is 395 g/mol. The number of halogens is 1. The number of H-pyrrole nitrogens is 1. The first kappa shape index (κ1) is 17.8. The summed E-state index contributed by atoms with van der Waals surface area (Å²) in [6, 6.07) is 13.7. The van der Waals surface area contributed by atoms with Gasteiger partial charge in [-0.2, -0.15) is 5.10 Å². The molecular formula is C16H15ClN4O2S2. The van der Waals surface area contributed by atoms with E-state index in [9.17, 15) is 8.42 Å². The summed E-state index contributed by atoms with van der Waals surface area (Å²) in [6.07, 6.45) is 0. The van der Waals surface area contributed by atoms with Crippen LogP contribution in [0.2, 0.25) is 5.02 Å². The second-order valence-corrected chi connectivity index (χ2v) is 8.45. The van der Waals surface area contributed by atoms with Crippen LogP contribution in [0.5, 0.6) is 0 Å². The lowest BCUT2D eigenvalue weighted by atomic mass is 10.2. The Balaban J connectivity index is 2.07. The zero-order valence-electron chi connectivity index (χ0n) is 13.5. The van der Waals surface area contributed by atoms with Crippen LogP contribution in [0.15, 0.2) is 53.4 Å². The van der Waals surface area contributed by atoms with Crippen LogP contribution in [0, 0.1) is 4.77 Å². The van der Waals surface area contributed by atoms with Gasteiger partial charge in [0.25, 0.3) is 0 Å². The second-order valence-electron chi connectivity index (χ2n) is 5.48. The van der Waals surface area contributed by atoms with Gasteiger partial charge in [-0.05, 0) is 60.7 Å². The highest BCUT2D eigenvalue weighted by atomic mass is 35.5. The smallest absolute Gasteiger partial charge is 0.242 e. The molecule has 0 bridgehead atoms. The zero-order chi connectivity index (χ0) is 18.2. The molecule has 130 valence electrons. The van der Waals surface area contributed by atoms with E-state index in [1.165, 1.54) is 18.4 Å². The summed E-state index contributed by atoms with van der Waals surface area (Å²) in [5, 5.41) is 7.66. The maximum absolute atomic E-state index is 12.2. The van der Waals surface area contributed by atoms with Crippen LogP contribution in [0.25, 0.3) is 17.1 Å². The van der Waals surface area contributed by atoms with Gasteiger partial charge in [0.05, 0.1) is 10.6 Å². The van der Waals surface area contributed by atoms with Gasteiger partial charge in [0.15, 0.2) is 10.6 Å². The van der Waals surface area contributed by atoms with Crippen LogP contribution < -0.4 is 0 Å². The zero-order valence-corrected chi connectivity index (χ0v) is 15.9. The largest absolute Gasteiger partial charge is 0.268 e. The molecule has 1 heterocycles. The third kappa shape index (κ3) is 3.38. The van der Waals surface area contributed by atoms with Gasteiger partial charge in [-0.3, -0.25) is 9.67 Å². The molecule has 2 aromatic carbocycles. The number of benzene rings is 2. The maximum atomic E-state index is 12.2. The Morgan fingerprint density at radius 1 is 1.08 bits per heavy atom. The standard InChI is InChI=1S/C16H15ClN4O2S2/c1-20(2)25(22,23)14-9-3-11(4-10-14)15-18-19-16(24)21(15)13-7-5-12(17)6-8-13/h3-10H,1-2H3,(H,19,24). The van der Waals surface area contributed by atoms with Crippen LogP contribution >= 0.6 is 23.8 Å². The minimum atomic E-state index is -3.47. The molecule has 0 aliphatic carbocycles. The van der Waals surface area contributed by atoms with Crippen molar-refractivity contribution in [3.8, 4) is 17.1 Å². The Morgan fingerprint density at radius 3 is 2.24 bits per heavy atom. The molecule has 3 aromatic rings. The number of sulfonamides is 1. The Bertz CT molecular complexity index is 1050. The fraction of sp³-hybridized carbons (Fsp3) is 0.125. The van der Waals surface area contributed by atoms with Gasteiger partial charge in [-0.15, -0.1) is 0 Å². The van der Waals surface area contributed by atoms with Crippen molar-refractivity contribution < 1.29 is 8.42 Å². The third-order valence-corrected chi connectivity index (χ3v) is 6.00. The lowest BCUT2D eigenvalue weighted by Crippen LogP contribution is -2.22. The number of hydrogen-bond acceptors (Lipinski definition) is 4. The van der Waals surface area contributed by atoms with Crippen molar-refractivity contribution in [3.63, 3.8) is 0 Å². The van der Waals surface area contributed by atoms with Crippen LogP contribution in [0.3, 0.4) is 0 Å². The Kier molecular flexibility index (Phi) is 4.79. The van der Waals surface area contributed by atoms with E-state index in [0.717, 1.165) is 11.3 Å². The molecule has 0 atom stereocenters. The quantitative estimate of drug-likeness (QED) is 0.687. The van der Waals surface area contributed by atoms with Crippen LogP contribution in [-0.2, 0) is 10.0 Å². The van der Waals surface area contributed by atoms with E-state index < -0.39 is 10.0 Å². The molecule has 0 fully saturated rings. The SMILES string of the molecule is CN(C)S(=O)(=O)c1ccc(-c2n[nH]c(=S)n2-c2ccc(Cl)cc2)cc1. The number of hydrogen-bond donors (Lipinski definition) is 1. The molecule has 0 aliphatic heterocycles. The highest BCUT2D eigenvalue weighted by Gasteiger charge is 2.18. The Hall–Kier alpha value is -2.00. The van der Waals surface area contributed by atoms with Gasteiger partial charge in [-0.25, -0.2) is 12.7 Å². The minimum absolute atomic E-state index is 0.216. The van der Waals surface area contributed by atoms with E-state index >= 15 is 0 Å². The topological polar surface area (TPSA) is 71.0 Å². The summed E-state index contributed by atoms with van der Waals surface area (Å²) in [6.45, 7) is 0. The van der Waals surface area contributed by atoms with Gasteiger partial charge in [-0.1, -0.05) is 11.6 Å². The average Bonchev–Trinajstić information content (AvgIpc) is 2.97. The third-order valence-electron chi connectivity index (χ3n) is 3.65. The molecule has 0 spiro atoms. The molecular weight excluding hydrogens is 380 g/mol. The summed E-state index contributed by atoms with van der Waals surface area (Å²) in [4.78, 5) is 0.216. The van der Waals surface area contributed by atoms with Crippen molar-refractivity contribution in [3.05, 3.63) is 58.3 Å². The summed E-state index contributed by atoms with van der Waals surface area (Å²) < 4.78 is 27.7. The number of nitrogens with one attached hydrogen (secondary N) is 1. The van der Waals surface area contributed by atoms with Crippen molar-refractivity contribution in [2.24, 2.45) is 0 Å². The van der Waals surface area contributed by atoms with Gasteiger partial charge in [0.2, 0.25) is 10.0 Å². The molecule has 3 rings (SSSR count). The number of aromatic amines is 1. The normalized spacial score (nSPS) is 11.8. The summed E-state index contributed by atoms with van der Waals surface area (Å²) >= 11 is 11.3. The van der Waals surface area contributed by atoms with Crippen molar-refractivity contribution in [1.82, 2.24) is 19.1 Å². The molecule has 1 N–H and O–H groups in total. The van der Waals surface area contributed by atoms with Gasteiger partial charge in [0, 0.05) is 24.7 Å². The van der Waals surface area contributed by atoms with E-state index in [4.69, 9.17) is 23.8 Å². The van der Waals surface area contributed by atoms with Crippen molar-refractivity contribution >= 4 is 33.8 Å². The summed E-state index contributed by atoms with van der Waals surface area (Å²) in [5.74, 6) is 0.584. The van der Waals surface area contributed by atoms with Crippen LogP contribution in [-0.4, -0.2) is 41.6 Å². The number of aromatic nitrogens is 3. The second kappa shape index (κ2) is 6.72. The summed E-state index contributed by atoms with van der Waals surface area (Å²) in [7, 11) is -0.485. The fourth-order valence-corrected chi connectivity index (χ4v) is 3.57. The lowest BCUT2D eigenvalue weighted by molar-refractivity contribution is 0.521. The number of rotatable bonds is 4. The molecule has 0 amide bonds. The number of nitrogens with zero attached hydrogens (tertiary/aromatic N) is 3. The minimum Gasteiger partial charge on any atom is -0.268 e. The molecule has 9 heteroatoms. The van der Waals surface area contributed by atoms with E-state index in [1.54, 1.807) is 41.0 Å². The van der Waals surface area contributed by atoms with E-state index in [1.807, 2.05) is 12.1 Å². The van der Waals surface area contributed by atoms with Gasteiger partial charge < -0.3 is 0 Å². The first-order valence-corrected chi connectivity index (χ1v) is 9.49. The van der Waals surface area contributed by atoms with Gasteiger partial charge >= 0.3 is 0 Å². The molecule has 0 saturated heterocycles. The highest BCUT2D eigenvalue weighted by molar-refractivity contribution is 7.89. The van der Waals surface area contributed by atoms with Crippen molar-refractivity contribution in [2.45, 2.75) is 4.90 Å². The van der Waals surface area contributed by atoms with E-state index in [2.05, 4.69) is 10.2 Å². The first-order valence-electron chi connectivity index (χ1n) is 7.27. The highest BCUT2D eigenvalue weighted by Crippen LogP contribution is 2.24. The Morgan fingerprint density at radius 2 is 1.68 bits per heavy atom. The fourth-order valence-electron chi connectivity index (χ4n) is 2.31. The monoisotopic (exact) mass is 394 g/mol. The Labute approximate surface area is 155 Å². The molecule has 0 radical (unpaired) electrons. The van der Waals surface area contributed by atoms with Crippen molar-refractivity contribution in [2.75, 3.05) is 14.1 Å². The van der Waals surface area contributed by atoms with Crippen LogP contribution in [0.1, 0.15) is 0 Å². The van der Waals surface area contributed by atoms with Crippen molar-refractivity contribution in [1.29, 1.82) is 0 Å². The van der Waals surface area contributed by atoms with E-state index in [-0.39, 0.29) is 4.90 Å². The predicted octanol–water partition coefficient (Wildman–Crippen LogP) is 3.50.